The second kappa shape index (κ2) is 8.23. The molecule has 0 fully saturated rings. The van der Waals surface area contributed by atoms with Gasteiger partial charge in [0.2, 0.25) is 5.82 Å². The predicted octanol–water partition coefficient (Wildman–Crippen LogP) is 4.18. The van der Waals surface area contributed by atoms with Crippen LogP contribution in [0.3, 0.4) is 0 Å². The SMILES string of the molecule is CS(=O)(=NC(=O)Cc1cn2ccc(-c3noc(C(F)(F)Cl)n3)cc2n1)c1ccc(F)cc1F. The number of fused-ring (bicyclic) bond motifs is 1. The molecule has 14 heteroatoms. The molecule has 0 spiro atoms. The summed E-state index contributed by atoms with van der Waals surface area (Å²) in [5, 5.41) is -0.357. The molecule has 0 aliphatic heterocycles. The molecule has 3 aromatic heterocycles. The molecule has 1 amide bonds. The van der Waals surface area contributed by atoms with Gasteiger partial charge in [-0.25, -0.2) is 18.0 Å². The van der Waals surface area contributed by atoms with E-state index in [1.807, 2.05) is 0 Å². The zero-order valence-electron chi connectivity index (χ0n) is 16.5. The van der Waals surface area contributed by atoms with Crippen molar-refractivity contribution in [3.05, 3.63) is 65.9 Å². The Kier molecular flexibility index (Phi) is 5.70. The van der Waals surface area contributed by atoms with Gasteiger partial charge in [-0.1, -0.05) is 5.16 Å². The molecule has 4 rings (SSSR count). The number of hydrogen-bond acceptors (Lipinski definition) is 6. The first-order valence-corrected chi connectivity index (χ1v) is 11.3. The lowest BCUT2D eigenvalue weighted by atomic mass is 10.2. The Labute approximate surface area is 188 Å². The van der Waals surface area contributed by atoms with Gasteiger partial charge >= 0.3 is 11.3 Å². The fourth-order valence-corrected chi connectivity index (χ4v) is 4.30. The highest BCUT2D eigenvalue weighted by Crippen LogP contribution is 2.32. The molecule has 8 nitrogen and oxygen atoms in total. The number of hydrogen-bond donors (Lipinski definition) is 0. The average molecular weight is 502 g/mol. The lowest BCUT2D eigenvalue weighted by Gasteiger charge is -2.05. The van der Waals surface area contributed by atoms with E-state index in [2.05, 4.69) is 24.0 Å². The summed E-state index contributed by atoms with van der Waals surface area (Å²) in [6.07, 6.45) is 3.74. The summed E-state index contributed by atoms with van der Waals surface area (Å²) < 4.78 is 75.5. The number of carbonyl (C=O) groups excluding carboxylic acids is 1. The second-order valence-electron chi connectivity index (χ2n) is 6.87. The van der Waals surface area contributed by atoms with Crippen LogP contribution in [0.5, 0.6) is 0 Å². The van der Waals surface area contributed by atoms with Gasteiger partial charge in [-0.3, -0.25) is 4.79 Å². The van der Waals surface area contributed by atoms with E-state index in [0.717, 1.165) is 18.4 Å². The van der Waals surface area contributed by atoms with Gasteiger partial charge < -0.3 is 8.92 Å². The average Bonchev–Trinajstić information content (AvgIpc) is 3.33. The summed E-state index contributed by atoms with van der Waals surface area (Å²) in [7, 11) is -3.46. The summed E-state index contributed by atoms with van der Waals surface area (Å²) in [6.45, 7) is 0. The van der Waals surface area contributed by atoms with Crippen molar-refractivity contribution >= 4 is 32.9 Å². The molecule has 1 unspecified atom stereocenters. The summed E-state index contributed by atoms with van der Waals surface area (Å²) in [5.74, 6) is -3.96. The number of amides is 1. The van der Waals surface area contributed by atoms with Crippen molar-refractivity contribution in [1.82, 2.24) is 19.5 Å². The van der Waals surface area contributed by atoms with Gasteiger partial charge in [0.25, 0.3) is 5.91 Å². The zero-order valence-corrected chi connectivity index (χ0v) is 18.1. The van der Waals surface area contributed by atoms with Gasteiger partial charge in [0, 0.05) is 30.3 Å². The summed E-state index contributed by atoms with van der Waals surface area (Å²) >= 11 is 4.86. The van der Waals surface area contributed by atoms with E-state index >= 15 is 0 Å². The number of carbonyl (C=O) groups is 1. The molecule has 0 saturated carbocycles. The fourth-order valence-electron chi connectivity index (χ4n) is 2.93. The van der Waals surface area contributed by atoms with Crippen molar-refractivity contribution in [2.45, 2.75) is 16.7 Å². The molecule has 33 heavy (non-hydrogen) atoms. The minimum absolute atomic E-state index is 0.143. The van der Waals surface area contributed by atoms with E-state index in [4.69, 9.17) is 11.6 Å². The summed E-state index contributed by atoms with van der Waals surface area (Å²) in [6, 6.07) is 5.41. The molecule has 4 aromatic rings. The summed E-state index contributed by atoms with van der Waals surface area (Å²) in [4.78, 5) is 19.7. The number of alkyl halides is 3. The van der Waals surface area contributed by atoms with Crippen LogP contribution in [0.2, 0.25) is 0 Å². The van der Waals surface area contributed by atoms with Crippen molar-refractivity contribution in [1.29, 1.82) is 0 Å². The van der Waals surface area contributed by atoms with Crippen molar-refractivity contribution in [2.75, 3.05) is 6.26 Å². The molecule has 1 atom stereocenters. The third-order valence-electron chi connectivity index (χ3n) is 4.35. The third-order valence-corrected chi connectivity index (χ3v) is 6.21. The van der Waals surface area contributed by atoms with Crippen molar-refractivity contribution < 1.29 is 31.1 Å². The highest BCUT2D eigenvalue weighted by atomic mass is 35.5. The number of nitrogens with zero attached hydrogens (tertiary/aromatic N) is 5. The van der Waals surface area contributed by atoms with E-state index in [-0.39, 0.29) is 22.8 Å². The highest BCUT2D eigenvalue weighted by Gasteiger charge is 2.35. The normalized spacial score (nSPS) is 13.8. The minimum Gasteiger partial charge on any atom is -0.331 e. The number of aromatic nitrogens is 4. The molecule has 0 aliphatic carbocycles. The van der Waals surface area contributed by atoms with Gasteiger partial charge in [-0.05, 0) is 35.9 Å². The van der Waals surface area contributed by atoms with E-state index in [1.165, 1.54) is 28.9 Å². The maximum Gasteiger partial charge on any atom is 0.400 e. The number of halogens is 5. The predicted molar refractivity (Wildman–Crippen MR) is 108 cm³/mol. The topological polar surface area (TPSA) is 103 Å². The van der Waals surface area contributed by atoms with Crippen LogP contribution < -0.4 is 0 Å². The Hall–Kier alpha value is -3.32. The molecule has 0 saturated heterocycles. The van der Waals surface area contributed by atoms with Gasteiger partial charge in [0.05, 0.1) is 26.7 Å². The molecule has 0 bridgehead atoms. The van der Waals surface area contributed by atoms with E-state index in [1.54, 1.807) is 0 Å². The molecule has 1 aromatic carbocycles. The highest BCUT2D eigenvalue weighted by molar-refractivity contribution is 7.93. The van der Waals surface area contributed by atoms with Crippen LogP contribution in [0, 0.1) is 11.6 Å². The third kappa shape index (κ3) is 4.88. The van der Waals surface area contributed by atoms with Crippen LogP contribution in [0.4, 0.5) is 17.6 Å². The molecular formula is C19H12ClF4N5O3S. The van der Waals surface area contributed by atoms with E-state index in [9.17, 15) is 26.6 Å². The molecule has 0 radical (unpaired) electrons. The van der Waals surface area contributed by atoms with Gasteiger partial charge in [-0.15, -0.1) is 0 Å². The van der Waals surface area contributed by atoms with Gasteiger partial charge in [0.15, 0.2) is 0 Å². The first kappa shape index (κ1) is 22.9. The van der Waals surface area contributed by atoms with Crippen molar-refractivity contribution in [3.63, 3.8) is 0 Å². The van der Waals surface area contributed by atoms with Gasteiger partial charge in [0.1, 0.15) is 17.3 Å². The van der Waals surface area contributed by atoms with Crippen LogP contribution in [0.15, 0.2) is 56.5 Å². The van der Waals surface area contributed by atoms with Crippen LogP contribution >= 0.6 is 11.6 Å². The Balaban J connectivity index is 1.58. The number of pyridine rings is 1. The Morgan fingerprint density at radius 2 is 2.00 bits per heavy atom. The number of rotatable bonds is 5. The van der Waals surface area contributed by atoms with Gasteiger partial charge in [-0.2, -0.15) is 18.1 Å². The molecular weight excluding hydrogens is 490 g/mol. The Morgan fingerprint density at radius 1 is 1.24 bits per heavy atom. The Bertz CT molecular complexity index is 1500. The first-order chi connectivity index (χ1) is 15.4. The van der Waals surface area contributed by atoms with Crippen LogP contribution in [-0.4, -0.2) is 35.9 Å². The molecule has 172 valence electrons. The minimum atomic E-state index is -3.81. The monoisotopic (exact) mass is 501 g/mol. The standard InChI is InChI=1S/C19H12ClF4N5O3S/c1-33(31,14-3-2-11(21)7-13(14)22)28-16(30)8-12-9-29-5-4-10(6-15(29)25-12)17-26-18(32-27-17)19(20,23)24/h2-7,9H,8H2,1H3. The molecule has 0 aliphatic rings. The smallest absolute Gasteiger partial charge is 0.331 e. The van der Waals surface area contributed by atoms with E-state index in [0.29, 0.717) is 17.3 Å². The Morgan fingerprint density at radius 3 is 2.67 bits per heavy atom. The zero-order chi connectivity index (χ0) is 24.0. The van der Waals surface area contributed by atoms with Crippen LogP contribution in [0.25, 0.3) is 17.0 Å². The second-order valence-corrected chi connectivity index (χ2v) is 9.58. The maximum absolute atomic E-state index is 13.9. The van der Waals surface area contributed by atoms with Crippen molar-refractivity contribution in [2.24, 2.45) is 4.36 Å². The lowest BCUT2D eigenvalue weighted by Crippen LogP contribution is -2.07. The lowest BCUT2D eigenvalue weighted by molar-refractivity contribution is -0.117. The maximum atomic E-state index is 13.9. The summed E-state index contributed by atoms with van der Waals surface area (Å²) in [5.41, 5.74) is 0.868. The fraction of sp³-hybridized carbons (Fsp3) is 0.158. The molecule has 0 N–H and O–H groups in total. The number of benzene rings is 1. The van der Waals surface area contributed by atoms with E-state index < -0.39 is 38.5 Å². The van der Waals surface area contributed by atoms with Crippen LogP contribution in [0.1, 0.15) is 11.6 Å². The number of imidazole rings is 1. The van der Waals surface area contributed by atoms with Crippen LogP contribution in [-0.2, 0) is 26.3 Å². The van der Waals surface area contributed by atoms with Crippen molar-refractivity contribution in [3.8, 4) is 11.4 Å². The molecule has 3 heterocycles. The quantitative estimate of drug-likeness (QED) is 0.300. The first-order valence-electron chi connectivity index (χ1n) is 9.01. The largest absolute Gasteiger partial charge is 0.400 e.